The van der Waals surface area contributed by atoms with Gasteiger partial charge in [-0.15, -0.1) is 0 Å². The Balaban J connectivity index is 1.82. The van der Waals surface area contributed by atoms with E-state index < -0.39 is 0 Å². The van der Waals surface area contributed by atoms with E-state index in [0.717, 1.165) is 79.8 Å². The van der Waals surface area contributed by atoms with Crippen LogP contribution < -0.4 is 5.32 Å². The number of aromatic nitrogens is 1. The number of rotatable bonds is 8. The highest BCUT2D eigenvalue weighted by molar-refractivity contribution is 6.07. The lowest BCUT2D eigenvalue weighted by Gasteiger charge is -2.29. The van der Waals surface area contributed by atoms with Crippen LogP contribution in [0.4, 0.5) is 0 Å². The molecule has 0 saturated heterocycles. The normalized spacial score (nSPS) is 14.5. The van der Waals surface area contributed by atoms with Gasteiger partial charge in [0.2, 0.25) is 0 Å². The largest absolute Gasteiger partial charge is 0.352 e. The molecule has 1 aliphatic heterocycles. The molecule has 27 heavy (non-hydrogen) atoms. The first-order valence-electron chi connectivity index (χ1n) is 10.3. The summed E-state index contributed by atoms with van der Waals surface area (Å²) in [6, 6.07) is 8.03. The van der Waals surface area contributed by atoms with Crippen molar-refractivity contribution in [3.8, 4) is 0 Å². The van der Waals surface area contributed by atoms with Gasteiger partial charge in [-0.2, -0.15) is 0 Å². The van der Waals surface area contributed by atoms with E-state index in [1.165, 1.54) is 0 Å². The van der Waals surface area contributed by atoms with E-state index >= 15 is 0 Å². The predicted molar refractivity (Wildman–Crippen MR) is 111 cm³/mol. The van der Waals surface area contributed by atoms with Crippen LogP contribution in [0.1, 0.15) is 48.8 Å². The lowest BCUT2D eigenvalue weighted by molar-refractivity contribution is 0.0950. The molecule has 0 spiro atoms. The number of nitrogens with zero attached hydrogens (tertiary/aromatic N) is 3. The quantitative estimate of drug-likeness (QED) is 0.728. The molecule has 2 aromatic rings. The lowest BCUT2D eigenvalue weighted by Crippen LogP contribution is -2.35. The number of hydrogen-bond acceptors (Lipinski definition) is 4. The SMILES string of the molecule is CCN(CC)CCCNC(=O)c1c2c(nc3ccccc13)CCN(CC)C2. The number of likely N-dealkylation sites (N-methyl/N-ethyl adjacent to an activating group) is 1. The van der Waals surface area contributed by atoms with Gasteiger partial charge < -0.3 is 10.2 Å². The van der Waals surface area contributed by atoms with Gasteiger partial charge in [-0.25, -0.2) is 0 Å². The molecule has 1 N–H and O–H groups in total. The van der Waals surface area contributed by atoms with E-state index in [2.05, 4.69) is 35.9 Å². The van der Waals surface area contributed by atoms with Gasteiger partial charge in [-0.05, 0) is 38.7 Å². The molecule has 1 amide bonds. The Bertz CT molecular complexity index is 785. The zero-order valence-corrected chi connectivity index (χ0v) is 16.9. The average molecular weight is 369 g/mol. The number of carbonyl (C=O) groups is 1. The monoisotopic (exact) mass is 368 g/mol. The van der Waals surface area contributed by atoms with Crippen LogP contribution in [0.25, 0.3) is 10.9 Å². The molecule has 0 fully saturated rings. The van der Waals surface area contributed by atoms with Crippen molar-refractivity contribution in [1.29, 1.82) is 0 Å². The predicted octanol–water partition coefficient (Wildman–Crippen LogP) is 3.07. The van der Waals surface area contributed by atoms with Crippen molar-refractivity contribution in [2.24, 2.45) is 0 Å². The Hall–Kier alpha value is -1.98. The standard InChI is InChI=1S/C22H32N4O/c1-4-25(5-2)14-9-13-23-22(27)21-17-10-7-8-11-19(17)24-20-12-15-26(6-3)16-18(20)21/h7-8,10-11H,4-6,9,12-16H2,1-3H3,(H,23,27). The fraction of sp³-hybridized carbons (Fsp3) is 0.545. The summed E-state index contributed by atoms with van der Waals surface area (Å²) >= 11 is 0. The van der Waals surface area contributed by atoms with Crippen LogP contribution in [0.3, 0.4) is 0 Å². The third-order valence-electron chi connectivity index (χ3n) is 5.63. The van der Waals surface area contributed by atoms with Crippen LogP contribution in [0.15, 0.2) is 24.3 Å². The van der Waals surface area contributed by atoms with Gasteiger partial charge in [0.05, 0.1) is 11.1 Å². The average Bonchev–Trinajstić information content (AvgIpc) is 2.71. The molecule has 0 saturated carbocycles. The Morgan fingerprint density at radius 3 is 2.74 bits per heavy atom. The zero-order chi connectivity index (χ0) is 19.2. The van der Waals surface area contributed by atoms with Gasteiger partial charge >= 0.3 is 0 Å². The maximum atomic E-state index is 13.1. The van der Waals surface area contributed by atoms with Crippen LogP contribution in [-0.4, -0.2) is 60.0 Å². The molecule has 1 aliphatic rings. The van der Waals surface area contributed by atoms with E-state index in [-0.39, 0.29) is 5.91 Å². The second-order valence-corrected chi connectivity index (χ2v) is 7.18. The number of amides is 1. The second kappa shape index (κ2) is 9.29. The minimum atomic E-state index is 0.0438. The van der Waals surface area contributed by atoms with Crippen molar-refractivity contribution < 1.29 is 4.79 Å². The Kier molecular flexibility index (Phi) is 6.80. The van der Waals surface area contributed by atoms with Crippen LogP contribution in [0, 0.1) is 0 Å². The van der Waals surface area contributed by atoms with Gasteiger partial charge in [-0.3, -0.25) is 14.7 Å². The maximum absolute atomic E-state index is 13.1. The fourth-order valence-electron chi connectivity index (χ4n) is 3.91. The van der Waals surface area contributed by atoms with Crippen LogP contribution in [0.2, 0.25) is 0 Å². The number of carbonyl (C=O) groups excluding carboxylic acids is 1. The van der Waals surface area contributed by atoms with Gasteiger partial charge in [0.15, 0.2) is 0 Å². The summed E-state index contributed by atoms with van der Waals surface area (Å²) in [6.45, 7) is 13.2. The molecule has 0 aliphatic carbocycles. The van der Waals surface area contributed by atoms with Crippen molar-refractivity contribution in [2.75, 3.05) is 39.3 Å². The van der Waals surface area contributed by atoms with Crippen LogP contribution >= 0.6 is 0 Å². The summed E-state index contributed by atoms with van der Waals surface area (Å²) in [4.78, 5) is 22.8. The number of pyridine rings is 1. The first-order chi connectivity index (χ1) is 13.2. The first kappa shape index (κ1) is 19.8. The molecule has 1 aromatic heterocycles. The highest BCUT2D eigenvalue weighted by Crippen LogP contribution is 2.28. The van der Waals surface area contributed by atoms with Gasteiger partial charge in [0.1, 0.15) is 0 Å². The minimum absolute atomic E-state index is 0.0438. The third kappa shape index (κ3) is 4.47. The van der Waals surface area contributed by atoms with Crippen molar-refractivity contribution in [2.45, 2.75) is 40.2 Å². The van der Waals surface area contributed by atoms with E-state index in [1.807, 2.05) is 24.3 Å². The van der Waals surface area contributed by atoms with Crippen molar-refractivity contribution in [3.63, 3.8) is 0 Å². The van der Waals surface area contributed by atoms with Crippen LogP contribution in [0.5, 0.6) is 0 Å². The summed E-state index contributed by atoms with van der Waals surface area (Å²) in [5.74, 6) is 0.0438. The van der Waals surface area contributed by atoms with Crippen LogP contribution in [-0.2, 0) is 13.0 Å². The summed E-state index contributed by atoms with van der Waals surface area (Å²) in [7, 11) is 0. The number of para-hydroxylation sites is 1. The number of nitrogens with one attached hydrogen (secondary N) is 1. The van der Waals surface area contributed by atoms with E-state index in [0.29, 0.717) is 6.54 Å². The smallest absolute Gasteiger partial charge is 0.252 e. The zero-order valence-electron chi connectivity index (χ0n) is 16.9. The molecule has 5 heteroatoms. The molecule has 5 nitrogen and oxygen atoms in total. The highest BCUT2D eigenvalue weighted by atomic mass is 16.1. The molecule has 146 valence electrons. The number of fused-ring (bicyclic) bond motifs is 2. The molecule has 2 heterocycles. The molecule has 3 rings (SSSR count). The third-order valence-corrected chi connectivity index (χ3v) is 5.63. The van der Waals surface area contributed by atoms with E-state index in [1.54, 1.807) is 0 Å². The molecule has 0 bridgehead atoms. The van der Waals surface area contributed by atoms with E-state index in [9.17, 15) is 4.79 Å². The molecule has 0 atom stereocenters. The Labute approximate surface area is 162 Å². The second-order valence-electron chi connectivity index (χ2n) is 7.18. The molecular formula is C22H32N4O. The summed E-state index contributed by atoms with van der Waals surface area (Å²) in [6.07, 6.45) is 1.88. The Morgan fingerprint density at radius 2 is 2.00 bits per heavy atom. The highest BCUT2D eigenvalue weighted by Gasteiger charge is 2.25. The van der Waals surface area contributed by atoms with Crippen molar-refractivity contribution in [3.05, 3.63) is 41.1 Å². The molecule has 1 aromatic carbocycles. The topological polar surface area (TPSA) is 48.5 Å². The van der Waals surface area contributed by atoms with Gasteiger partial charge in [0, 0.05) is 42.7 Å². The Morgan fingerprint density at radius 1 is 1.22 bits per heavy atom. The number of benzene rings is 1. The fourth-order valence-corrected chi connectivity index (χ4v) is 3.91. The van der Waals surface area contributed by atoms with Crippen molar-refractivity contribution in [1.82, 2.24) is 20.1 Å². The van der Waals surface area contributed by atoms with E-state index in [4.69, 9.17) is 4.98 Å². The summed E-state index contributed by atoms with van der Waals surface area (Å²) in [5.41, 5.74) is 3.96. The summed E-state index contributed by atoms with van der Waals surface area (Å²) in [5, 5.41) is 4.13. The molecule has 0 unspecified atom stereocenters. The van der Waals surface area contributed by atoms with Crippen molar-refractivity contribution >= 4 is 16.8 Å². The number of hydrogen-bond donors (Lipinski definition) is 1. The summed E-state index contributed by atoms with van der Waals surface area (Å²) < 4.78 is 0. The first-order valence-corrected chi connectivity index (χ1v) is 10.3. The molecule has 0 radical (unpaired) electrons. The van der Waals surface area contributed by atoms with Gasteiger partial charge in [0.25, 0.3) is 5.91 Å². The van der Waals surface area contributed by atoms with Gasteiger partial charge in [-0.1, -0.05) is 39.0 Å². The minimum Gasteiger partial charge on any atom is -0.352 e. The lowest BCUT2D eigenvalue weighted by atomic mass is 9.95. The molecular weight excluding hydrogens is 336 g/mol. The maximum Gasteiger partial charge on any atom is 0.252 e.